The third kappa shape index (κ3) is 3.69. The lowest BCUT2D eigenvalue weighted by molar-refractivity contribution is 0.287. The summed E-state index contributed by atoms with van der Waals surface area (Å²) in [4.78, 5) is 0. The fourth-order valence-corrected chi connectivity index (χ4v) is 3.24. The van der Waals surface area contributed by atoms with Crippen molar-refractivity contribution in [1.82, 2.24) is 0 Å². The molecule has 0 N–H and O–H groups in total. The molecule has 0 bridgehead atoms. The first-order valence-electron chi connectivity index (χ1n) is 6.79. The second-order valence-electron chi connectivity index (χ2n) is 4.89. The molecule has 0 saturated heterocycles. The van der Waals surface area contributed by atoms with Crippen LogP contribution < -0.4 is 5.30 Å². The van der Waals surface area contributed by atoms with Gasteiger partial charge in [-0.25, -0.2) is 0 Å². The second-order valence-corrected chi connectivity index (χ2v) is 7.10. The summed E-state index contributed by atoms with van der Waals surface area (Å²) in [6, 6.07) is 13.0. The van der Waals surface area contributed by atoms with Crippen molar-refractivity contribution in [3.8, 4) is 0 Å². The van der Waals surface area contributed by atoms with Crippen molar-refractivity contribution >= 4 is 24.3 Å². The average molecular weight is 318 g/mol. The molecule has 0 heterocycles. The molecule has 0 radical (unpaired) electrons. The zero-order valence-electron chi connectivity index (χ0n) is 13.1. The number of benzene rings is 2. The van der Waals surface area contributed by atoms with E-state index in [1.807, 2.05) is 44.2 Å². The second kappa shape index (κ2) is 6.97. The van der Waals surface area contributed by atoms with Crippen LogP contribution in [0, 0.1) is 13.8 Å². The Kier molecular flexibility index (Phi) is 5.24. The lowest BCUT2D eigenvalue weighted by Crippen LogP contribution is -2.09. The summed E-state index contributed by atoms with van der Waals surface area (Å²) in [5, 5.41) is 8.80. The molecular weight excluding hydrogens is 299 g/mol. The van der Waals surface area contributed by atoms with Gasteiger partial charge in [-0.1, -0.05) is 29.3 Å². The van der Waals surface area contributed by atoms with Crippen molar-refractivity contribution < 1.29 is 13.6 Å². The van der Waals surface area contributed by atoms with Gasteiger partial charge < -0.3 is 9.05 Å². The molecule has 2 rings (SSSR count). The Hall–Kier alpha value is -1.81. The minimum Gasteiger partial charge on any atom is -0.309 e. The number of aryl methyl sites for hydroxylation is 2. The third-order valence-corrected chi connectivity index (χ3v) is 5.12. The summed E-state index contributed by atoms with van der Waals surface area (Å²) in [6.07, 6.45) is 0. The molecule has 2 aromatic rings. The van der Waals surface area contributed by atoms with Gasteiger partial charge in [0.15, 0.2) is 0 Å². The average Bonchev–Trinajstić information content (AvgIpc) is 2.54. The molecule has 0 aromatic heterocycles. The van der Waals surface area contributed by atoms with Crippen molar-refractivity contribution in [2.24, 2.45) is 10.2 Å². The molecular formula is C16H19N2O3P. The van der Waals surface area contributed by atoms with Crippen LogP contribution in [0.2, 0.25) is 0 Å². The van der Waals surface area contributed by atoms with E-state index in [0.29, 0.717) is 11.0 Å². The van der Waals surface area contributed by atoms with Crippen molar-refractivity contribution in [2.75, 3.05) is 14.2 Å². The fourth-order valence-electron chi connectivity index (χ4n) is 1.93. The van der Waals surface area contributed by atoms with Crippen LogP contribution in [0.5, 0.6) is 0 Å². The Morgan fingerprint density at radius 3 is 2.05 bits per heavy atom. The highest BCUT2D eigenvalue weighted by molar-refractivity contribution is 7.62. The molecule has 0 amide bonds. The van der Waals surface area contributed by atoms with E-state index in [1.165, 1.54) is 14.2 Å². The minimum absolute atomic E-state index is 0.411. The highest BCUT2D eigenvalue weighted by atomic mass is 31.2. The van der Waals surface area contributed by atoms with E-state index in [9.17, 15) is 4.57 Å². The van der Waals surface area contributed by atoms with Crippen LogP contribution in [-0.4, -0.2) is 14.2 Å². The number of rotatable bonds is 5. The molecule has 0 atom stereocenters. The van der Waals surface area contributed by atoms with Crippen molar-refractivity contribution in [1.29, 1.82) is 0 Å². The molecule has 5 nitrogen and oxygen atoms in total. The standard InChI is InChI=1S/C16H19N2O3P/c1-12-5-8-14(9-6-12)17-18-15-10-7-13(2)11-16(15)22(19,20-3)21-4/h5-11H,1-4H3. The minimum atomic E-state index is -3.38. The molecule has 0 unspecified atom stereocenters. The SMILES string of the molecule is COP(=O)(OC)c1cc(C)ccc1N=Nc1ccc(C)cc1. The van der Waals surface area contributed by atoms with Gasteiger partial charge in [0.2, 0.25) is 0 Å². The van der Waals surface area contributed by atoms with Gasteiger partial charge in [0, 0.05) is 14.2 Å². The van der Waals surface area contributed by atoms with E-state index in [2.05, 4.69) is 10.2 Å². The molecule has 22 heavy (non-hydrogen) atoms. The Morgan fingerprint density at radius 2 is 1.45 bits per heavy atom. The lowest BCUT2D eigenvalue weighted by atomic mass is 10.2. The monoisotopic (exact) mass is 318 g/mol. The summed E-state index contributed by atoms with van der Waals surface area (Å²) < 4.78 is 22.8. The topological polar surface area (TPSA) is 60.2 Å². The lowest BCUT2D eigenvalue weighted by Gasteiger charge is -2.15. The van der Waals surface area contributed by atoms with Crippen LogP contribution in [0.4, 0.5) is 11.4 Å². The molecule has 0 aliphatic heterocycles. The normalized spacial score (nSPS) is 12.0. The van der Waals surface area contributed by atoms with Gasteiger partial charge in [0.1, 0.15) is 5.69 Å². The van der Waals surface area contributed by atoms with Crippen LogP contribution in [0.3, 0.4) is 0 Å². The van der Waals surface area contributed by atoms with E-state index in [-0.39, 0.29) is 0 Å². The molecule has 0 spiro atoms. The van der Waals surface area contributed by atoms with Crippen molar-refractivity contribution in [3.05, 3.63) is 53.6 Å². The summed E-state index contributed by atoms with van der Waals surface area (Å²) >= 11 is 0. The van der Waals surface area contributed by atoms with Crippen LogP contribution in [0.15, 0.2) is 52.7 Å². The first-order chi connectivity index (χ1) is 10.5. The van der Waals surface area contributed by atoms with Gasteiger partial charge in [-0.2, -0.15) is 5.11 Å². The quantitative estimate of drug-likeness (QED) is 0.586. The number of hydrogen-bond donors (Lipinski definition) is 0. The molecule has 2 aromatic carbocycles. The highest BCUT2D eigenvalue weighted by Crippen LogP contribution is 2.48. The maximum atomic E-state index is 12.6. The van der Waals surface area contributed by atoms with E-state index >= 15 is 0 Å². The van der Waals surface area contributed by atoms with Gasteiger partial charge in [-0.05, 0) is 38.1 Å². The highest BCUT2D eigenvalue weighted by Gasteiger charge is 2.28. The largest absolute Gasteiger partial charge is 0.363 e. The number of hydrogen-bond acceptors (Lipinski definition) is 5. The molecule has 0 aliphatic carbocycles. The van der Waals surface area contributed by atoms with Gasteiger partial charge in [0.05, 0.1) is 11.0 Å². The van der Waals surface area contributed by atoms with Crippen LogP contribution >= 0.6 is 7.60 Å². The first kappa shape index (κ1) is 16.6. The summed E-state index contributed by atoms with van der Waals surface area (Å²) in [7, 11) is -0.672. The predicted molar refractivity (Wildman–Crippen MR) is 87.8 cm³/mol. The summed E-state index contributed by atoms with van der Waals surface area (Å²) in [5.41, 5.74) is 3.29. The van der Waals surface area contributed by atoms with Gasteiger partial charge in [-0.15, -0.1) is 5.11 Å². The molecule has 6 heteroatoms. The van der Waals surface area contributed by atoms with E-state index < -0.39 is 7.60 Å². The molecule has 0 aliphatic rings. The Morgan fingerprint density at radius 1 is 0.864 bits per heavy atom. The third-order valence-electron chi connectivity index (χ3n) is 3.21. The maximum Gasteiger partial charge on any atom is 0.363 e. The van der Waals surface area contributed by atoms with E-state index in [4.69, 9.17) is 9.05 Å². The van der Waals surface area contributed by atoms with Crippen LogP contribution in [0.25, 0.3) is 0 Å². The molecule has 0 fully saturated rings. The summed E-state index contributed by atoms with van der Waals surface area (Å²) in [5.74, 6) is 0. The zero-order valence-corrected chi connectivity index (χ0v) is 14.0. The molecule has 0 saturated carbocycles. The fraction of sp³-hybridized carbons (Fsp3) is 0.250. The number of nitrogens with zero attached hydrogens (tertiary/aromatic N) is 2. The first-order valence-corrected chi connectivity index (χ1v) is 8.34. The van der Waals surface area contributed by atoms with Crippen molar-refractivity contribution in [2.45, 2.75) is 13.8 Å². The smallest absolute Gasteiger partial charge is 0.309 e. The number of azo groups is 1. The maximum absolute atomic E-state index is 12.6. The predicted octanol–water partition coefficient (Wildman–Crippen LogP) is 4.83. The van der Waals surface area contributed by atoms with Crippen LogP contribution in [0.1, 0.15) is 11.1 Å². The van der Waals surface area contributed by atoms with Crippen LogP contribution in [-0.2, 0) is 13.6 Å². The zero-order chi connectivity index (χ0) is 16.2. The van der Waals surface area contributed by atoms with Crippen molar-refractivity contribution in [3.63, 3.8) is 0 Å². The van der Waals surface area contributed by atoms with Gasteiger partial charge in [-0.3, -0.25) is 4.57 Å². The Labute approximate surface area is 130 Å². The molecule has 116 valence electrons. The Balaban J connectivity index is 2.43. The van der Waals surface area contributed by atoms with E-state index in [0.717, 1.165) is 16.8 Å². The van der Waals surface area contributed by atoms with Gasteiger partial charge >= 0.3 is 7.60 Å². The Bertz CT molecular complexity index is 719. The summed E-state index contributed by atoms with van der Waals surface area (Å²) in [6.45, 7) is 3.91. The van der Waals surface area contributed by atoms with Gasteiger partial charge in [0.25, 0.3) is 0 Å². The van der Waals surface area contributed by atoms with E-state index in [1.54, 1.807) is 12.1 Å².